The van der Waals surface area contributed by atoms with Gasteiger partial charge in [0.05, 0.1) is 11.8 Å². The van der Waals surface area contributed by atoms with E-state index in [9.17, 15) is 21.9 Å². The summed E-state index contributed by atoms with van der Waals surface area (Å²) in [6.45, 7) is 2.07. The normalized spacial score (nSPS) is 19.2. The molecule has 1 aromatic rings. The number of piperazine rings is 1. The highest BCUT2D eigenvalue weighted by atomic mass is 32.3. The van der Waals surface area contributed by atoms with Crippen molar-refractivity contribution in [1.29, 1.82) is 0 Å². The van der Waals surface area contributed by atoms with E-state index in [1.54, 1.807) is 14.0 Å². The topological polar surface area (TPSA) is 96.9 Å². The first-order valence-corrected chi connectivity index (χ1v) is 7.62. The average molecular weight is 331 g/mol. The van der Waals surface area contributed by atoms with E-state index in [0.717, 1.165) is 12.3 Å². The summed E-state index contributed by atoms with van der Waals surface area (Å²) in [5.74, 6) is -1.14. The van der Waals surface area contributed by atoms with Crippen molar-refractivity contribution >= 4 is 22.3 Å². The molecule has 1 aliphatic rings. The Morgan fingerprint density at radius 1 is 1.45 bits per heavy atom. The largest absolute Gasteiger partial charge is 0.488 e. The summed E-state index contributed by atoms with van der Waals surface area (Å²) in [4.78, 5) is 30.6. The third-order valence-corrected chi connectivity index (χ3v) is 3.61. The molecule has 0 radical (unpaired) electrons. The van der Waals surface area contributed by atoms with Gasteiger partial charge in [-0.15, -0.1) is 0 Å². The lowest BCUT2D eigenvalue weighted by Crippen LogP contribution is -2.55. The third kappa shape index (κ3) is 3.70. The lowest BCUT2D eigenvalue weighted by atomic mass is 10.1. The van der Waals surface area contributed by atoms with Crippen molar-refractivity contribution in [3.05, 3.63) is 24.0 Å². The van der Waals surface area contributed by atoms with Gasteiger partial charge in [-0.1, -0.05) is 3.89 Å². The zero-order valence-electron chi connectivity index (χ0n) is 11.9. The Bertz CT molecular complexity index is 708. The summed E-state index contributed by atoms with van der Waals surface area (Å²) in [5, 5.41) is 0. The van der Waals surface area contributed by atoms with Gasteiger partial charge in [0.25, 0.3) is 5.91 Å². The highest BCUT2D eigenvalue weighted by Crippen LogP contribution is 2.18. The molecule has 1 saturated heterocycles. The minimum absolute atomic E-state index is 0.00496. The van der Waals surface area contributed by atoms with Gasteiger partial charge in [0, 0.05) is 25.8 Å². The van der Waals surface area contributed by atoms with Gasteiger partial charge in [0.1, 0.15) is 6.54 Å². The van der Waals surface area contributed by atoms with Crippen LogP contribution in [0.15, 0.2) is 18.5 Å². The fourth-order valence-electron chi connectivity index (χ4n) is 2.15. The molecule has 1 aromatic heterocycles. The van der Waals surface area contributed by atoms with E-state index in [-0.39, 0.29) is 24.1 Å². The first kappa shape index (κ1) is 16.1. The van der Waals surface area contributed by atoms with Crippen molar-refractivity contribution in [2.24, 2.45) is 0 Å². The molecular weight excluding hydrogens is 317 g/mol. The quantitative estimate of drug-likeness (QED) is 0.722. The SMILES string of the molecule is CC1CN(C)C(=O)CN1C(=O)c1cncc(OS(=O)(=O)F)c1. The highest BCUT2D eigenvalue weighted by molar-refractivity contribution is 7.81. The summed E-state index contributed by atoms with van der Waals surface area (Å²) < 4.78 is 37.4. The van der Waals surface area contributed by atoms with Crippen LogP contribution in [-0.2, 0) is 15.3 Å². The lowest BCUT2D eigenvalue weighted by molar-refractivity contribution is -0.135. The fourth-order valence-corrected chi connectivity index (χ4v) is 2.47. The van der Waals surface area contributed by atoms with Crippen molar-refractivity contribution in [1.82, 2.24) is 14.8 Å². The summed E-state index contributed by atoms with van der Waals surface area (Å²) in [5.41, 5.74) is 0.00496. The zero-order valence-corrected chi connectivity index (χ0v) is 12.7. The van der Waals surface area contributed by atoms with Gasteiger partial charge in [0.2, 0.25) is 5.91 Å². The maximum atomic E-state index is 12.5. The summed E-state index contributed by atoms with van der Waals surface area (Å²) >= 11 is 0. The van der Waals surface area contributed by atoms with Crippen molar-refractivity contribution in [3.8, 4) is 5.75 Å². The van der Waals surface area contributed by atoms with Crippen LogP contribution in [0.3, 0.4) is 0 Å². The number of hydrogen-bond donors (Lipinski definition) is 0. The molecule has 1 unspecified atom stereocenters. The monoisotopic (exact) mass is 331 g/mol. The number of nitrogens with zero attached hydrogens (tertiary/aromatic N) is 3. The Balaban J connectivity index is 2.22. The van der Waals surface area contributed by atoms with Crippen LogP contribution in [-0.4, -0.2) is 61.2 Å². The Labute approximate surface area is 126 Å². The van der Waals surface area contributed by atoms with Gasteiger partial charge < -0.3 is 14.0 Å². The number of carbonyl (C=O) groups is 2. The average Bonchev–Trinajstić information content (AvgIpc) is 2.40. The van der Waals surface area contributed by atoms with Crippen molar-refractivity contribution in [2.75, 3.05) is 20.1 Å². The van der Waals surface area contributed by atoms with Crippen LogP contribution in [0.5, 0.6) is 5.75 Å². The van der Waals surface area contributed by atoms with Crippen molar-refractivity contribution in [2.45, 2.75) is 13.0 Å². The third-order valence-electron chi connectivity index (χ3n) is 3.22. The van der Waals surface area contributed by atoms with Crippen molar-refractivity contribution < 1.29 is 26.1 Å². The van der Waals surface area contributed by atoms with Gasteiger partial charge in [0.15, 0.2) is 5.75 Å². The first-order chi connectivity index (χ1) is 10.2. The van der Waals surface area contributed by atoms with E-state index in [1.807, 2.05) is 0 Å². The minimum atomic E-state index is -5.20. The number of aromatic nitrogens is 1. The molecule has 1 atom stereocenters. The molecule has 22 heavy (non-hydrogen) atoms. The Kier molecular flexibility index (Phi) is 4.31. The molecule has 0 aliphatic carbocycles. The fraction of sp³-hybridized carbons (Fsp3) is 0.417. The molecule has 0 N–H and O–H groups in total. The molecule has 2 heterocycles. The second kappa shape index (κ2) is 5.87. The van der Waals surface area contributed by atoms with Gasteiger partial charge in [-0.2, -0.15) is 8.42 Å². The van der Waals surface area contributed by atoms with E-state index in [1.165, 1.54) is 16.0 Å². The van der Waals surface area contributed by atoms with Crippen molar-refractivity contribution in [3.63, 3.8) is 0 Å². The molecule has 8 nitrogen and oxygen atoms in total. The second-order valence-corrected chi connectivity index (χ2v) is 5.89. The minimum Gasteiger partial charge on any atom is -0.357 e. The number of pyridine rings is 1. The number of rotatable bonds is 3. The highest BCUT2D eigenvalue weighted by Gasteiger charge is 2.31. The first-order valence-electron chi connectivity index (χ1n) is 6.31. The van der Waals surface area contributed by atoms with Crippen LogP contribution >= 0.6 is 0 Å². The maximum Gasteiger partial charge on any atom is 0.488 e. The summed E-state index contributed by atoms with van der Waals surface area (Å²) in [6, 6.07) is 0.840. The molecule has 0 saturated carbocycles. The van der Waals surface area contributed by atoms with Gasteiger partial charge in [-0.25, -0.2) is 0 Å². The number of likely N-dealkylation sites (N-methyl/N-ethyl adjacent to an activating group) is 1. The van der Waals surface area contributed by atoms with Crippen LogP contribution in [0.4, 0.5) is 3.89 Å². The molecule has 1 aliphatic heterocycles. The molecule has 120 valence electrons. The molecule has 10 heteroatoms. The van der Waals surface area contributed by atoms with Crippen LogP contribution in [0.2, 0.25) is 0 Å². The number of halogens is 1. The molecule has 2 amide bonds. The van der Waals surface area contributed by atoms with E-state index in [4.69, 9.17) is 0 Å². The van der Waals surface area contributed by atoms with E-state index in [0.29, 0.717) is 6.54 Å². The molecular formula is C12H14FN3O5S. The zero-order chi connectivity index (χ0) is 16.5. The number of carbonyl (C=O) groups excluding carboxylic acids is 2. The van der Waals surface area contributed by atoms with Crippen LogP contribution in [0.25, 0.3) is 0 Å². The smallest absolute Gasteiger partial charge is 0.357 e. The van der Waals surface area contributed by atoms with Gasteiger partial charge >= 0.3 is 10.5 Å². The lowest BCUT2D eigenvalue weighted by Gasteiger charge is -2.37. The number of amides is 2. The van der Waals surface area contributed by atoms with E-state index < -0.39 is 22.2 Å². The van der Waals surface area contributed by atoms with Gasteiger partial charge in [-0.3, -0.25) is 14.6 Å². The Morgan fingerprint density at radius 3 is 2.77 bits per heavy atom. The Hall–Kier alpha value is -2.23. The van der Waals surface area contributed by atoms with Crippen LogP contribution < -0.4 is 4.18 Å². The van der Waals surface area contributed by atoms with Crippen LogP contribution in [0.1, 0.15) is 17.3 Å². The molecule has 1 fully saturated rings. The predicted molar refractivity (Wildman–Crippen MR) is 73.0 cm³/mol. The molecule has 2 rings (SSSR count). The Morgan fingerprint density at radius 2 is 2.14 bits per heavy atom. The summed E-state index contributed by atoms with van der Waals surface area (Å²) in [6.07, 6.45) is 2.15. The van der Waals surface area contributed by atoms with E-state index >= 15 is 0 Å². The number of hydrogen-bond acceptors (Lipinski definition) is 6. The molecule has 0 spiro atoms. The molecule has 0 aromatic carbocycles. The van der Waals surface area contributed by atoms with E-state index in [2.05, 4.69) is 9.17 Å². The second-order valence-electron chi connectivity index (χ2n) is 4.94. The predicted octanol–water partition coefficient (Wildman–Crippen LogP) is -0.0226. The van der Waals surface area contributed by atoms with Crippen LogP contribution in [0, 0.1) is 0 Å². The van der Waals surface area contributed by atoms with Gasteiger partial charge in [-0.05, 0) is 13.0 Å². The summed E-state index contributed by atoms with van der Waals surface area (Å²) in [7, 11) is -3.56. The standard InChI is InChI=1S/C12H14FN3O5S/c1-8-6-15(2)11(17)7-16(8)12(18)9-3-10(5-14-4-9)21-22(13,19)20/h3-5,8H,6-7H2,1-2H3. The maximum absolute atomic E-state index is 12.5. The molecule has 0 bridgehead atoms.